The third kappa shape index (κ3) is 9.79. The number of nitrogens with zero attached hydrogens (tertiary/aromatic N) is 3. The number of benzene rings is 3. The van der Waals surface area contributed by atoms with Gasteiger partial charge in [0.05, 0.1) is 17.2 Å². The molecule has 5 heterocycles. The molecule has 4 aliphatic heterocycles. The van der Waals surface area contributed by atoms with Crippen LogP contribution in [0, 0.1) is 17.8 Å². The molecule has 368 valence electrons. The number of hydrogen-bond acceptors (Lipinski definition) is 13. The monoisotopic (exact) mass is 1020 g/mol. The van der Waals surface area contributed by atoms with Crippen LogP contribution in [-0.4, -0.2) is 125 Å². The van der Waals surface area contributed by atoms with Gasteiger partial charge in [0, 0.05) is 66.1 Å². The zero-order chi connectivity index (χ0) is 49.8. The molecule has 0 bridgehead atoms. The maximum absolute atomic E-state index is 14.0. The zero-order valence-electron chi connectivity index (χ0n) is 37.9. The highest BCUT2D eigenvalue weighted by molar-refractivity contribution is 7.88. The second-order valence-corrected chi connectivity index (χ2v) is 22.1. The fourth-order valence-corrected chi connectivity index (χ4v) is 13.7. The van der Waals surface area contributed by atoms with Gasteiger partial charge in [0.1, 0.15) is 16.8 Å². The van der Waals surface area contributed by atoms with Gasteiger partial charge < -0.3 is 40.1 Å². The number of halogens is 1. The lowest BCUT2D eigenvalue weighted by Gasteiger charge is -2.45. The van der Waals surface area contributed by atoms with Crippen molar-refractivity contribution in [3.63, 3.8) is 0 Å². The quantitative estimate of drug-likeness (QED) is 0.0937. The number of rotatable bonds is 16. The number of carboxylic acid groups (broad SMARTS) is 2. The molecule has 0 radical (unpaired) electrons. The van der Waals surface area contributed by atoms with Gasteiger partial charge in [-0.1, -0.05) is 41.9 Å². The molecule has 9 rings (SSSR count). The van der Waals surface area contributed by atoms with Crippen LogP contribution in [-0.2, 0) is 46.3 Å². The van der Waals surface area contributed by atoms with E-state index in [1.165, 1.54) is 9.21 Å². The van der Waals surface area contributed by atoms with Crippen LogP contribution in [0.15, 0.2) is 66.7 Å². The van der Waals surface area contributed by atoms with Crippen LogP contribution in [0.2, 0.25) is 5.02 Å². The number of ether oxygens (including phenoxy) is 2. The number of hydrogen-bond donors (Lipinski definition) is 5. The Bertz CT molecular complexity index is 2950. The van der Waals surface area contributed by atoms with E-state index < -0.39 is 46.1 Å². The summed E-state index contributed by atoms with van der Waals surface area (Å²) in [5.74, 6) is -4.82. The number of imide groups is 1. The van der Waals surface area contributed by atoms with E-state index in [4.69, 9.17) is 26.2 Å². The summed E-state index contributed by atoms with van der Waals surface area (Å²) < 4.78 is 40.7. The van der Waals surface area contributed by atoms with Crippen LogP contribution < -0.4 is 25.4 Å². The van der Waals surface area contributed by atoms with Crippen molar-refractivity contribution in [3.05, 3.63) is 93.3 Å². The van der Waals surface area contributed by atoms with E-state index in [1.807, 2.05) is 19.9 Å². The largest absolute Gasteiger partial charge is 0.483 e. The number of carbonyl (C=O) groups is 7. The maximum atomic E-state index is 14.0. The number of carbonyl (C=O) groups excluding carboxylic acids is 5. The van der Waals surface area contributed by atoms with Crippen molar-refractivity contribution in [1.82, 2.24) is 19.4 Å². The van der Waals surface area contributed by atoms with Gasteiger partial charge in [0.25, 0.3) is 11.8 Å². The van der Waals surface area contributed by atoms with Crippen molar-refractivity contribution in [2.45, 2.75) is 69.5 Å². The molecule has 1 aromatic heterocycles. The van der Waals surface area contributed by atoms with Crippen LogP contribution >= 0.6 is 22.9 Å². The summed E-state index contributed by atoms with van der Waals surface area (Å²) in [5, 5.41) is 27.5. The van der Waals surface area contributed by atoms with E-state index in [0.717, 1.165) is 11.3 Å². The summed E-state index contributed by atoms with van der Waals surface area (Å²) in [6, 6.07) is 18.0. The van der Waals surface area contributed by atoms with Gasteiger partial charge >= 0.3 is 11.9 Å². The number of nitrogens with one attached hydrogen (secondary N) is 3. The summed E-state index contributed by atoms with van der Waals surface area (Å²) in [4.78, 5) is 90.3. The Morgan fingerprint density at radius 2 is 1.66 bits per heavy atom. The normalized spacial score (nSPS) is 22.7. The summed E-state index contributed by atoms with van der Waals surface area (Å²) >= 11 is 7.39. The minimum Gasteiger partial charge on any atom is -0.483 e. The van der Waals surface area contributed by atoms with Gasteiger partial charge in [-0.25, -0.2) is 18.0 Å². The molecule has 3 aromatic carbocycles. The molecule has 70 heavy (non-hydrogen) atoms. The summed E-state index contributed by atoms with van der Waals surface area (Å²) in [6.07, 6.45) is 1.31. The van der Waals surface area contributed by atoms with Crippen molar-refractivity contribution in [2.75, 3.05) is 43.5 Å². The molecule has 3 saturated heterocycles. The molecule has 5 aliphatic rings. The molecule has 0 spiro atoms. The third-order valence-electron chi connectivity index (χ3n) is 13.6. The Balaban J connectivity index is 0.751. The van der Waals surface area contributed by atoms with E-state index in [1.54, 1.807) is 65.6 Å². The topological polar surface area (TPSA) is 258 Å². The lowest BCUT2D eigenvalue weighted by Crippen LogP contribution is -2.55. The molecule has 22 heteroatoms. The van der Waals surface area contributed by atoms with Crippen molar-refractivity contribution < 1.29 is 61.7 Å². The number of aliphatic carboxylic acids is 1. The van der Waals surface area contributed by atoms with Gasteiger partial charge in [-0.15, -0.1) is 11.3 Å². The Morgan fingerprint density at radius 3 is 2.37 bits per heavy atom. The Kier molecular flexibility index (Phi) is 13.1. The predicted octanol–water partition coefficient (Wildman–Crippen LogP) is 4.90. The summed E-state index contributed by atoms with van der Waals surface area (Å²) in [5.41, 5.74) is 2.42. The molecule has 19 nitrogen and oxygen atoms in total. The van der Waals surface area contributed by atoms with Crippen LogP contribution in [0.4, 0.5) is 11.4 Å². The molecule has 1 saturated carbocycles. The summed E-state index contributed by atoms with van der Waals surface area (Å²) in [7, 11) is -3.83. The molecule has 4 aromatic rings. The number of carboxylic acids is 2. The Morgan fingerprint density at radius 1 is 0.929 bits per heavy atom. The number of aromatic carboxylic acids is 1. The number of thiophene rings is 1. The lowest BCUT2D eigenvalue weighted by molar-refractivity contribution is -0.139. The highest BCUT2D eigenvalue weighted by Crippen LogP contribution is 2.52. The van der Waals surface area contributed by atoms with Crippen LogP contribution in [0.5, 0.6) is 11.5 Å². The van der Waals surface area contributed by atoms with E-state index in [-0.39, 0.29) is 101 Å². The van der Waals surface area contributed by atoms with Crippen molar-refractivity contribution in [2.24, 2.45) is 17.8 Å². The van der Waals surface area contributed by atoms with Gasteiger partial charge in [0.2, 0.25) is 27.7 Å². The summed E-state index contributed by atoms with van der Waals surface area (Å²) in [6.45, 7) is 3.80. The highest BCUT2D eigenvalue weighted by Gasteiger charge is 2.60. The number of sulfonamides is 1. The molecule has 5 atom stereocenters. The lowest BCUT2D eigenvalue weighted by atomic mass is 9.89. The third-order valence-corrected chi connectivity index (χ3v) is 17.3. The highest BCUT2D eigenvalue weighted by atomic mass is 35.5. The van der Waals surface area contributed by atoms with E-state index >= 15 is 0 Å². The van der Waals surface area contributed by atoms with Gasteiger partial charge in [-0.05, 0) is 92.5 Å². The van der Waals surface area contributed by atoms with E-state index in [9.17, 15) is 47.1 Å². The molecule has 4 fully saturated rings. The molecule has 5 amide bonds. The first kappa shape index (κ1) is 48.5. The second-order valence-electron chi connectivity index (χ2n) is 18.8. The van der Waals surface area contributed by atoms with E-state index in [0.29, 0.717) is 70.2 Å². The number of fused-ring (bicyclic) bond motifs is 2. The standard InChI is InChI=1S/C48H49ClN6O13S2/c1-48(2)18-29(50-28-9-4-7-26(17-28)42-40(49)41(68-23-38(58)59)43(69-42)47(63)64)14-15-55(48)70(65,66)24-25-6-3-8-27(16-25)51-45(61)39-32-19-53(20-33(32)39)37(57)22-67-35-11-5-10-30-31(35)21-54(46(30)62)34-12-13-36(56)52-44(34)60/h3-11,16-17,29,32-34,39,50H,12-15,18-24H2,1-2H3,(H,51,61)(H,58,59)(H,63,64)(H,52,56,60)/t29-,32-,33+,34?,39+/m0/s1. The minimum atomic E-state index is -3.83. The SMILES string of the molecule is CC1(C)C[C@@H](Nc2cccc(-c3sc(C(=O)O)c(OCC(=O)O)c3Cl)c2)CCN1S(=O)(=O)Cc1cccc(NC(=O)[C@H]2[C@@H]3CN(C(=O)COc4cccc5c4CN(C4CCC(=O)NC4=O)C5=O)C[C@@H]32)c1. The van der Waals surface area contributed by atoms with Crippen LogP contribution in [0.3, 0.4) is 0 Å². The minimum absolute atomic E-state index is 0.0107. The number of piperidine rings is 3. The van der Waals surface area contributed by atoms with Crippen LogP contribution in [0.1, 0.15) is 70.7 Å². The van der Waals surface area contributed by atoms with Gasteiger partial charge in [-0.2, -0.15) is 4.31 Å². The first-order valence-electron chi connectivity index (χ1n) is 22.6. The predicted molar refractivity (Wildman–Crippen MR) is 255 cm³/mol. The molecule has 5 N–H and O–H groups in total. The second kappa shape index (κ2) is 19.0. The first-order valence-corrected chi connectivity index (χ1v) is 25.4. The van der Waals surface area contributed by atoms with Gasteiger partial charge in [-0.3, -0.25) is 29.3 Å². The van der Waals surface area contributed by atoms with Gasteiger partial charge in [0.15, 0.2) is 23.8 Å². The smallest absolute Gasteiger partial charge is 0.349 e. The zero-order valence-corrected chi connectivity index (χ0v) is 40.3. The maximum Gasteiger partial charge on any atom is 0.349 e. The molecular formula is C48H49ClN6O13S2. The average Bonchev–Trinajstić information content (AvgIpc) is 3.51. The van der Waals surface area contributed by atoms with Crippen LogP contribution in [0.25, 0.3) is 10.4 Å². The molecular weight excluding hydrogens is 968 g/mol. The van der Waals surface area contributed by atoms with Crippen molar-refractivity contribution in [1.29, 1.82) is 0 Å². The molecule has 1 unspecified atom stereocenters. The molecule has 1 aliphatic carbocycles. The fraction of sp³-hybridized carbons (Fsp3) is 0.396. The Labute approximate surface area is 411 Å². The van der Waals surface area contributed by atoms with Crippen molar-refractivity contribution >= 4 is 85.8 Å². The fourth-order valence-electron chi connectivity index (χ4n) is 10.3. The first-order chi connectivity index (χ1) is 33.3. The van der Waals surface area contributed by atoms with E-state index in [2.05, 4.69) is 16.0 Å². The number of likely N-dealkylation sites (tertiary alicyclic amines) is 1. The van der Waals surface area contributed by atoms with Crippen molar-refractivity contribution in [3.8, 4) is 21.9 Å². The Hall–Kier alpha value is -6.55. The number of amides is 5. The number of anilines is 2. The average molecular weight is 1020 g/mol.